The number of rotatable bonds is 5. The topological polar surface area (TPSA) is 67.9 Å². The van der Waals surface area contributed by atoms with Gasteiger partial charge in [-0.1, -0.05) is 13.3 Å². The van der Waals surface area contributed by atoms with Crippen molar-refractivity contribution in [2.45, 2.75) is 45.6 Å². The minimum Gasteiger partial charge on any atom is -0.486 e. The molecule has 0 aromatic heterocycles. The van der Waals surface area contributed by atoms with Crippen LogP contribution >= 0.6 is 0 Å². The predicted octanol–water partition coefficient (Wildman–Crippen LogP) is 2.51. The molecule has 6 nitrogen and oxygen atoms in total. The molecule has 0 aliphatic carbocycles. The van der Waals surface area contributed by atoms with E-state index in [0.717, 1.165) is 18.5 Å². The average Bonchev–Trinajstić information content (AvgIpc) is 2.96. The second-order valence-electron chi connectivity index (χ2n) is 7.36. The van der Waals surface area contributed by atoms with E-state index in [0.29, 0.717) is 31.3 Å². The van der Waals surface area contributed by atoms with Crippen molar-refractivity contribution < 1.29 is 19.1 Å². The van der Waals surface area contributed by atoms with E-state index in [1.165, 1.54) is 0 Å². The molecule has 2 aliphatic rings. The molecule has 0 radical (unpaired) electrons. The van der Waals surface area contributed by atoms with Crippen molar-refractivity contribution >= 4 is 17.5 Å². The smallest absolute Gasteiger partial charge is 0.227 e. The Morgan fingerprint density at radius 3 is 2.72 bits per heavy atom. The van der Waals surface area contributed by atoms with Gasteiger partial charge in [0.05, 0.1) is 5.92 Å². The third kappa shape index (κ3) is 3.89. The highest BCUT2D eigenvalue weighted by molar-refractivity contribution is 6.00. The van der Waals surface area contributed by atoms with Crippen LogP contribution in [-0.4, -0.2) is 37.1 Å². The van der Waals surface area contributed by atoms with Crippen LogP contribution in [0.1, 0.15) is 40.0 Å². The first-order chi connectivity index (χ1) is 11.9. The summed E-state index contributed by atoms with van der Waals surface area (Å²) >= 11 is 0. The van der Waals surface area contributed by atoms with Crippen LogP contribution in [0.4, 0.5) is 5.69 Å². The van der Waals surface area contributed by atoms with Crippen LogP contribution in [0.3, 0.4) is 0 Å². The summed E-state index contributed by atoms with van der Waals surface area (Å²) in [5.74, 6) is 0.930. The number of nitrogens with one attached hydrogen (secondary N) is 1. The Morgan fingerprint density at radius 1 is 1.28 bits per heavy atom. The number of fused-ring (bicyclic) bond motifs is 1. The Labute approximate surface area is 148 Å². The fourth-order valence-electron chi connectivity index (χ4n) is 3.46. The molecular weight excluding hydrogens is 320 g/mol. The van der Waals surface area contributed by atoms with Crippen LogP contribution in [0.25, 0.3) is 0 Å². The first-order valence-corrected chi connectivity index (χ1v) is 8.91. The van der Waals surface area contributed by atoms with Gasteiger partial charge in [-0.2, -0.15) is 0 Å². The summed E-state index contributed by atoms with van der Waals surface area (Å²) in [6.07, 6.45) is 2.15. The summed E-state index contributed by atoms with van der Waals surface area (Å²) in [7, 11) is 0. The zero-order chi connectivity index (χ0) is 18.0. The van der Waals surface area contributed by atoms with Crippen LogP contribution in [-0.2, 0) is 9.59 Å². The maximum absolute atomic E-state index is 12.6. The molecule has 6 heteroatoms. The molecule has 0 spiro atoms. The quantitative estimate of drug-likeness (QED) is 0.889. The fourth-order valence-corrected chi connectivity index (χ4v) is 3.46. The summed E-state index contributed by atoms with van der Waals surface area (Å²) in [5, 5.41) is 3.08. The van der Waals surface area contributed by atoms with E-state index in [2.05, 4.69) is 12.2 Å². The normalized spacial score (nSPS) is 19.9. The number of carbonyl (C=O) groups excluding carboxylic acids is 2. The summed E-state index contributed by atoms with van der Waals surface area (Å²) in [6, 6.07) is 5.47. The van der Waals surface area contributed by atoms with Crippen molar-refractivity contribution in [1.82, 2.24) is 5.32 Å². The van der Waals surface area contributed by atoms with E-state index in [1.54, 1.807) is 4.90 Å². The van der Waals surface area contributed by atoms with Gasteiger partial charge in [0.15, 0.2) is 11.5 Å². The van der Waals surface area contributed by atoms with Gasteiger partial charge in [-0.3, -0.25) is 9.59 Å². The SMILES string of the molecule is CCCC(C)(C)NC(=O)C1CC(=O)N(c2ccc3c(c2)OCCO3)C1. The number of carbonyl (C=O) groups is 2. The van der Waals surface area contributed by atoms with E-state index < -0.39 is 0 Å². The molecule has 0 bridgehead atoms. The van der Waals surface area contributed by atoms with E-state index in [9.17, 15) is 9.59 Å². The Kier molecular flexibility index (Phi) is 4.88. The van der Waals surface area contributed by atoms with E-state index >= 15 is 0 Å². The van der Waals surface area contributed by atoms with Crippen LogP contribution < -0.4 is 19.7 Å². The molecule has 136 valence electrons. The van der Waals surface area contributed by atoms with Crippen molar-refractivity contribution in [3.63, 3.8) is 0 Å². The predicted molar refractivity (Wildman–Crippen MR) is 95.0 cm³/mol. The maximum atomic E-state index is 12.6. The van der Waals surface area contributed by atoms with E-state index in [4.69, 9.17) is 9.47 Å². The molecule has 2 amide bonds. The van der Waals surface area contributed by atoms with E-state index in [1.807, 2.05) is 32.0 Å². The molecule has 1 unspecified atom stereocenters. The summed E-state index contributed by atoms with van der Waals surface area (Å²) in [5.41, 5.74) is 0.497. The first kappa shape index (κ1) is 17.6. The van der Waals surface area contributed by atoms with Gasteiger partial charge in [0, 0.05) is 30.3 Å². The number of benzene rings is 1. The molecule has 1 fully saturated rings. The lowest BCUT2D eigenvalue weighted by Gasteiger charge is -2.27. The molecule has 2 aliphatic heterocycles. The average molecular weight is 346 g/mol. The minimum atomic E-state index is -0.322. The number of hydrogen-bond acceptors (Lipinski definition) is 4. The van der Waals surface area contributed by atoms with Crippen molar-refractivity contribution in [3.8, 4) is 11.5 Å². The largest absolute Gasteiger partial charge is 0.486 e. The van der Waals surface area contributed by atoms with Gasteiger partial charge >= 0.3 is 0 Å². The van der Waals surface area contributed by atoms with E-state index in [-0.39, 0.29) is 29.7 Å². The highest BCUT2D eigenvalue weighted by atomic mass is 16.6. The van der Waals surface area contributed by atoms with Crippen molar-refractivity contribution in [2.24, 2.45) is 5.92 Å². The Balaban J connectivity index is 1.69. The summed E-state index contributed by atoms with van der Waals surface area (Å²) < 4.78 is 11.1. The van der Waals surface area contributed by atoms with Crippen molar-refractivity contribution in [2.75, 3.05) is 24.7 Å². The number of hydrogen-bond donors (Lipinski definition) is 1. The number of amides is 2. The molecule has 0 saturated carbocycles. The van der Waals surface area contributed by atoms with Gasteiger partial charge in [-0.25, -0.2) is 0 Å². The third-order valence-electron chi connectivity index (χ3n) is 4.67. The van der Waals surface area contributed by atoms with Crippen LogP contribution in [0.15, 0.2) is 18.2 Å². The van der Waals surface area contributed by atoms with Crippen molar-refractivity contribution in [3.05, 3.63) is 18.2 Å². The lowest BCUT2D eigenvalue weighted by molar-refractivity contribution is -0.127. The molecule has 1 saturated heterocycles. The highest BCUT2D eigenvalue weighted by Gasteiger charge is 2.37. The van der Waals surface area contributed by atoms with Gasteiger partial charge in [0.2, 0.25) is 11.8 Å². The van der Waals surface area contributed by atoms with Crippen LogP contribution in [0.5, 0.6) is 11.5 Å². The Bertz CT molecular complexity index is 671. The Morgan fingerprint density at radius 2 is 2.00 bits per heavy atom. The second-order valence-corrected chi connectivity index (χ2v) is 7.36. The molecule has 1 aromatic carbocycles. The summed E-state index contributed by atoms with van der Waals surface area (Å²) in [6.45, 7) is 7.56. The number of nitrogens with zero attached hydrogens (tertiary/aromatic N) is 1. The number of ether oxygens (including phenoxy) is 2. The molecule has 3 rings (SSSR count). The van der Waals surface area contributed by atoms with Gasteiger partial charge in [0.25, 0.3) is 0 Å². The zero-order valence-corrected chi connectivity index (χ0v) is 15.1. The molecule has 2 heterocycles. The molecule has 1 aromatic rings. The molecule has 1 N–H and O–H groups in total. The number of anilines is 1. The molecule has 25 heavy (non-hydrogen) atoms. The van der Waals surface area contributed by atoms with Crippen LogP contribution in [0, 0.1) is 5.92 Å². The Hall–Kier alpha value is -2.24. The lowest BCUT2D eigenvalue weighted by atomic mass is 9.97. The monoisotopic (exact) mass is 346 g/mol. The standard InChI is InChI=1S/C19H26N2O4/c1-4-7-19(2,3)20-18(23)13-10-17(22)21(12-13)14-5-6-15-16(11-14)25-9-8-24-15/h5-6,11,13H,4,7-10,12H2,1-3H3,(H,20,23). The third-order valence-corrected chi connectivity index (χ3v) is 4.67. The zero-order valence-electron chi connectivity index (χ0n) is 15.1. The van der Waals surface area contributed by atoms with Crippen LogP contribution in [0.2, 0.25) is 0 Å². The second kappa shape index (κ2) is 6.94. The molecular formula is C19H26N2O4. The van der Waals surface area contributed by atoms with Gasteiger partial charge in [-0.05, 0) is 32.4 Å². The van der Waals surface area contributed by atoms with Gasteiger partial charge < -0.3 is 19.7 Å². The lowest BCUT2D eigenvalue weighted by Crippen LogP contribution is -2.46. The summed E-state index contributed by atoms with van der Waals surface area (Å²) in [4.78, 5) is 26.6. The minimum absolute atomic E-state index is 0.0369. The van der Waals surface area contributed by atoms with Gasteiger partial charge in [-0.15, -0.1) is 0 Å². The van der Waals surface area contributed by atoms with Gasteiger partial charge in [0.1, 0.15) is 13.2 Å². The highest BCUT2D eigenvalue weighted by Crippen LogP contribution is 2.36. The molecule has 1 atom stereocenters. The fraction of sp³-hybridized carbons (Fsp3) is 0.579. The van der Waals surface area contributed by atoms with Crippen molar-refractivity contribution in [1.29, 1.82) is 0 Å². The first-order valence-electron chi connectivity index (χ1n) is 8.91. The maximum Gasteiger partial charge on any atom is 0.227 e.